The zero-order valence-electron chi connectivity index (χ0n) is 15.8. The first-order valence-electron chi connectivity index (χ1n) is 8.92. The molecule has 0 saturated heterocycles. The van der Waals surface area contributed by atoms with E-state index in [1.165, 1.54) is 16.8 Å². The summed E-state index contributed by atoms with van der Waals surface area (Å²) >= 11 is 0. The van der Waals surface area contributed by atoms with Gasteiger partial charge in [-0.3, -0.25) is 14.9 Å². The molecule has 0 bridgehead atoms. The molecule has 2 aromatic carbocycles. The van der Waals surface area contributed by atoms with Crippen molar-refractivity contribution in [3.8, 4) is 17.1 Å². The number of ether oxygens (including phenoxy) is 1. The van der Waals surface area contributed by atoms with Gasteiger partial charge in [-0.2, -0.15) is 4.98 Å². The fraction of sp³-hybridized carbons (Fsp3) is 0.200. The molecule has 3 aromatic rings. The molecule has 1 unspecified atom stereocenters. The van der Waals surface area contributed by atoms with Gasteiger partial charge >= 0.3 is 0 Å². The molecule has 2 N–H and O–H groups in total. The van der Waals surface area contributed by atoms with Crippen molar-refractivity contribution in [2.75, 3.05) is 17.7 Å². The van der Waals surface area contributed by atoms with E-state index in [2.05, 4.69) is 20.7 Å². The number of carbonyl (C=O) groups is 2. The lowest BCUT2D eigenvalue weighted by Crippen LogP contribution is -2.24. The molecule has 0 aliphatic carbocycles. The lowest BCUT2D eigenvalue weighted by atomic mass is 10.2. The van der Waals surface area contributed by atoms with Gasteiger partial charge in [0.1, 0.15) is 17.6 Å². The average molecular weight is 395 g/mol. The summed E-state index contributed by atoms with van der Waals surface area (Å²) in [5.74, 6) is -0.0371. The maximum Gasteiger partial charge on any atom is 0.252 e. The number of methoxy groups -OCH3 is 1. The predicted molar refractivity (Wildman–Crippen MR) is 104 cm³/mol. The third kappa shape index (κ3) is 3.66. The molecule has 148 valence electrons. The Kier molecular flexibility index (Phi) is 4.71. The molecule has 1 aliphatic rings. The molecule has 2 amide bonds. The van der Waals surface area contributed by atoms with Gasteiger partial charge in [-0.05, 0) is 48.9 Å². The number of aryl methyl sites for hydroxylation is 1. The number of halogens is 1. The van der Waals surface area contributed by atoms with Gasteiger partial charge in [-0.1, -0.05) is 6.07 Å². The zero-order valence-corrected chi connectivity index (χ0v) is 15.8. The van der Waals surface area contributed by atoms with Crippen LogP contribution in [-0.2, 0) is 9.59 Å². The highest BCUT2D eigenvalue weighted by Gasteiger charge is 2.35. The molecule has 0 radical (unpaired) electrons. The number of benzene rings is 2. The number of nitrogens with zero attached hydrogens (tertiary/aromatic N) is 3. The van der Waals surface area contributed by atoms with Crippen LogP contribution in [-0.4, -0.2) is 33.7 Å². The van der Waals surface area contributed by atoms with Gasteiger partial charge in [0.05, 0.1) is 19.2 Å². The fourth-order valence-corrected chi connectivity index (χ4v) is 3.07. The van der Waals surface area contributed by atoms with E-state index in [9.17, 15) is 14.0 Å². The molecule has 1 atom stereocenters. The summed E-state index contributed by atoms with van der Waals surface area (Å²) in [4.78, 5) is 28.9. The highest BCUT2D eigenvalue weighted by molar-refractivity contribution is 6.01. The van der Waals surface area contributed by atoms with E-state index in [1.54, 1.807) is 44.4 Å². The van der Waals surface area contributed by atoms with E-state index in [4.69, 9.17) is 4.74 Å². The Bertz CT molecular complexity index is 1090. The van der Waals surface area contributed by atoms with Crippen LogP contribution in [0.4, 0.5) is 16.0 Å². The quantitative estimate of drug-likeness (QED) is 0.692. The van der Waals surface area contributed by atoms with Crippen LogP contribution in [0.25, 0.3) is 11.4 Å². The second-order valence-electron chi connectivity index (χ2n) is 6.67. The number of hydrogen-bond acceptors (Lipinski definition) is 5. The van der Waals surface area contributed by atoms with Crippen LogP contribution >= 0.6 is 0 Å². The summed E-state index contributed by atoms with van der Waals surface area (Å²) in [6, 6.07) is 10.8. The van der Waals surface area contributed by atoms with Crippen LogP contribution in [0.15, 0.2) is 42.5 Å². The number of amides is 2. The van der Waals surface area contributed by atoms with E-state index in [0.717, 1.165) is 11.1 Å². The number of carbonyl (C=O) groups excluding carboxylic acids is 2. The van der Waals surface area contributed by atoms with Crippen molar-refractivity contribution in [3.63, 3.8) is 0 Å². The van der Waals surface area contributed by atoms with Crippen LogP contribution in [0, 0.1) is 12.7 Å². The monoisotopic (exact) mass is 395 g/mol. The van der Waals surface area contributed by atoms with Gasteiger partial charge in [0.15, 0.2) is 5.82 Å². The summed E-state index contributed by atoms with van der Waals surface area (Å²) < 4.78 is 20.5. The predicted octanol–water partition coefficient (Wildman–Crippen LogP) is 2.92. The normalized spacial score (nSPS) is 15.0. The Balaban J connectivity index is 1.51. The van der Waals surface area contributed by atoms with Gasteiger partial charge in [-0.15, -0.1) is 5.10 Å². The first-order valence-corrected chi connectivity index (χ1v) is 8.92. The van der Waals surface area contributed by atoms with Crippen LogP contribution < -0.4 is 15.4 Å². The Morgan fingerprint density at radius 3 is 2.72 bits per heavy atom. The molecule has 0 fully saturated rings. The largest absolute Gasteiger partial charge is 0.497 e. The zero-order chi connectivity index (χ0) is 20.5. The van der Waals surface area contributed by atoms with E-state index in [-0.39, 0.29) is 24.0 Å². The first-order chi connectivity index (χ1) is 13.9. The third-order valence-electron chi connectivity index (χ3n) is 4.59. The smallest absolute Gasteiger partial charge is 0.252 e. The maximum atomic E-state index is 14.0. The van der Waals surface area contributed by atoms with Crippen molar-refractivity contribution in [1.82, 2.24) is 14.8 Å². The third-order valence-corrected chi connectivity index (χ3v) is 4.59. The molecular formula is C20H18FN5O3. The number of hydrogen-bond donors (Lipinski definition) is 2. The molecule has 0 spiro atoms. The highest BCUT2D eigenvalue weighted by Crippen LogP contribution is 2.29. The van der Waals surface area contributed by atoms with Gasteiger partial charge in [0.2, 0.25) is 11.9 Å². The van der Waals surface area contributed by atoms with Crippen molar-refractivity contribution in [3.05, 3.63) is 53.8 Å². The van der Waals surface area contributed by atoms with Gasteiger partial charge < -0.3 is 10.1 Å². The minimum atomic E-state index is -0.863. The maximum absolute atomic E-state index is 14.0. The van der Waals surface area contributed by atoms with E-state index in [1.807, 2.05) is 0 Å². The standard InChI is InChI=1S/C20H18FN5O3/c1-11-3-8-15(14(21)9-11)22-17(27)10-16-19(28)24-20-23-18(25-26(16)20)12-4-6-13(29-2)7-5-12/h3-9,16H,10H2,1-2H3,(H,22,27)(H,23,24,25,28). The van der Waals surface area contributed by atoms with Gasteiger partial charge in [-0.25, -0.2) is 9.07 Å². The molecular weight excluding hydrogens is 377 g/mol. The van der Waals surface area contributed by atoms with Crippen LogP contribution in [0.3, 0.4) is 0 Å². The number of fused-ring (bicyclic) bond motifs is 1. The first kappa shape index (κ1) is 18.6. The molecule has 8 nitrogen and oxygen atoms in total. The minimum absolute atomic E-state index is 0.0664. The van der Waals surface area contributed by atoms with E-state index >= 15 is 0 Å². The molecule has 2 heterocycles. The van der Waals surface area contributed by atoms with Crippen molar-refractivity contribution in [1.29, 1.82) is 0 Å². The number of rotatable bonds is 5. The highest BCUT2D eigenvalue weighted by atomic mass is 19.1. The summed E-state index contributed by atoms with van der Waals surface area (Å²) in [6.45, 7) is 1.75. The number of aromatic nitrogens is 3. The molecule has 4 rings (SSSR count). The topological polar surface area (TPSA) is 98.1 Å². The molecule has 9 heteroatoms. The molecule has 29 heavy (non-hydrogen) atoms. The van der Waals surface area contributed by atoms with Crippen molar-refractivity contribution >= 4 is 23.5 Å². The second kappa shape index (κ2) is 7.34. The summed E-state index contributed by atoms with van der Waals surface area (Å²) in [5, 5.41) is 9.48. The number of nitrogens with one attached hydrogen (secondary N) is 2. The summed E-state index contributed by atoms with van der Waals surface area (Å²) in [5.41, 5.74) is 1.55. The van der Waals surface area contributed by atoms with E-state index < -0.39 is 17.8 Å². The van der Waals surface area contributed by atoms with Crippen molar-refractivity contribution < 1.29 is 18.7 Å². The van der Waals surface area contributed by atoms with E-state index in [0.29, 0.717) is 11.6 Å². The Morgan fingerprint density at radius 2 is 2.03 bits per heavy atom. The lowest BCUT2D eigenvalue weighted by Gasteiger charge is -2.10. The molecule has 0 saturated carbocycles. The molecule has 1 aromatic heterocycles. The molecule has 1 aliphatic heterocycles. The van der Waals surface area contributed by atoms with Crippen molar-refractivity contribution in [2.45, 2.75) is 19.4 Å². The second-order valence-corrected chi connectivity index (χ2v) is 6.67. The van der Waals surface area contributed by atoms with Gasteiger partial charge in [0, 0.05) is 5.56 Å². The minimum Gasteiger partial charge on any atom is -0.497 e. The Hall–Kier alpha value is -3.75. The Morgan fingerprint density at radius 1 is 1.28 bits per heavy atom. The number of anilines is 2. The lowest BCUT2D eigenvalue weighted by molar-refractivity contribution is -0.123. The average Bonchev–Trinajstić information content (AvgIpc) is 3.23. The SMILES string of the molecule is COc1ccc(-c2nc3n(n2)C(CC(=O)Nc2ccc(C)cc2F)C(=O)N3)cc1. The van der Waals surface area contributed by atoms with Crippen molar-refractivity contribution in [2.24, 2.45) is 0 Å². The summed E-state index contributed by atoms with van der Waals surface area (Å²) in [7, 11) is 1.58. The Labute approximate surface area is 165 Å². The van der Waals surface area contributed by atoms with Crippen LogP contribution in [0.1, 0.15) is 18.0 Å². The fourth-order valence-electron chi connectivity index (χ4n) is 3.07. The van der Waals surface area contributed by atoms with Crippen LogP contribution in [0.2, 0.25) is 0 Å². The summed E-state index contributed by atoms with van der Waals surface area (Å²) in [6.07, 6.45) is -0.197. The van der Waals surface area contributed by atoms with Crippen LogP contribution in [0.5, 0.6) is 5.75 Å². The van der Waals surface area contributed by atoms with Gasteiger partial charge in [0.25, 0.3) is 5.91 Å².